The summed E-state index contributed by atoms with van der Waals surface area (Å²) in [5.74, 6) is 1.52. The zero-order valence-electron chi connectivity index (χ0n) is 20.2. The van der Waals surface area contributed by atoms with Crippen molar-refractivity contribution in [1.29, 1.82) is 0 Å². The largest absolute Gasteiger partial charge is 0.496 e. The molecular weight excluding hydrogens is 418 g/mol. The van der Waals surface area contributed by atoms with Crippen molar-refractivity contribution in [2.75, 3.05) is 14.2 Å². The molecule has 0 saturated carbocycles. The number of fused-ring (bicyclic) bond motifs is 3. The van der Waals surface area contributed by atoms with Crippen LogP contribution in [0.3, 0.4) is 0 Å². The third kappa shape index (κ3) is 3.96. The highest BCUT2D eigenvalue weighted by atomic mass is 32.1. The fraction of sp³-hybridized carbons (Fsp3) is 0.462. The van der Waals surface area contributed by atoms with Gasteiger partial charge in [0.2, 0.25) is 0 Å². The maximum absolute atomic E-state index is 13.5. The fourth-order valence-electron chi connectivity index (χ4n) is 4.36. The molecule has 2 aromatic heterocycles. The van der Waals surface area contributed by atoms with Gasteiger partial charge in [0.1, 0.15) is 16.5 Å². The Morgan fingerprint density at radius 1 is 1.25 bits per heavy atom. The molecular formula is C26H33N3O2S. The number of rotatable bonds is 5. The molecule has 0 atom stereocenters. The first kappa shape index (κ1) is 22.6. The van der Waals surface area contributed by atoms with Gasteiger partial charge in [-0.2, -0.15) is 0 Å². The Hall–Kier alpha value is -2.60. The van der Waals surface area contributed by atoms with E-state index < -0.39 is 0 Å². The summed E-state index contributed by atoms with van der Waals surface area (Å²) in [4.78, 5) is 20.0. The summed E-state index contributed by atoms with van der Waals surface area (Å²) in [6.07, 6.45) is 3.64. The molecule has 0 bridgehead atoms. The number of carbonyl (C=O) groups excluding carboxylic acids is 1. The summed E-state index contributed by atoms with van der Waals surface area (Å²) < 4.78 is 7.94. The van der Waals surface area contributed by atoms with E-state index in [0.29, 0.717) is 5.92 Å². The average molecular weight is 452 g/mol. The molecule has 3 aromatic rings. The number of hydrogen-bond acceptors (Lipinski definition) is 4. The monoisotopic (exact) mass is 451 g/mol. The molecule has 0 spiro atoms. The molecule has 170 valence electrons. The summed E-state index contributed by atoms with van der Waals surface area (Å²) in [5, 5.41) is 2.93. The Bertz CT molecular complexity index is 1140. The molecule has 0 saturated heterocycles. The minimum Gasteiger partial charge on any atom is -0.496 e. The van der Waals surface area contributed by atoms with Crippen LogP contribution in [0.1, 0.15) is 56.2 Å². The molecule has 3 heterocycles. The van der Waals surface area contributed by atoms with Gasteiger partial charge >= 0.3 is 0 Å². The molecule has 32 heavy (non-hydrogen) atoms. The van der Waals surface area contributed by atoms with Gasteiger partial charge in [-0.3, -0.25) is 4.79 Å². The van der Waals surface area contributed by atoms with E-state index in [9.17, 15) is 4.79 Å². The number of ether oxygens (including phenoxy) is 1. The van der Waals surface area contributed by atoms with Crippen LogP contribution in [0.2, 0.25) is 0 Å². The Morgan fingerprint density at radius 3 is 2.59 bits per heavy atom. The quantitative estimate of drug-likeness (QED) is 0.484. The van der Waals surface area contributed by atoms with Crippen molar-refractivity contribution in [3.8, 4) is 27.6 Å². The number of amides is 1. The first-order chi connectivity index (χ1) is 15.1. The minimum absolute atomic E-state index is 0.0425. The van der Waals surface area contributed by atoms with Gasteiger partial charge in [-0.15, -0.1) is 11.3 Å². The number of aromatic nitrogens is 2. The summed E-state index contributed by atoms with van der Waals surface area (Å²) in [6.45, 7) is 11.4. The molecule has 1 aromatic carbocycles. The van der Waals surface area contributed by atoms with Gasteiger partial charge in [-0.25, -0.2) is 4.98 Å². The molecule has 0 unspecified atom stereocenters. The lowest BCUT2D eigenvalue weighted by Crippen LogP contribution is -2.43. The maximum Gasteiger partial charge on any atom is 0.270 e. The molecule has 4 rings (SSSR count). The van der Waals surface area contributed by atoms with Crippen LogP contribution >= 0.6 is 11.3 Å². The number of methoxy groups -OCH3 is 1. The minimum atomic E-state index is -0.256. The summed E-state index contributed by atoms with van der Waals surface area (Å²) in [7, 11) is 3.63. The normalized spacial score (nSPS) is 13.1. The Morgan fingerprint density at radius 2 is 2.00 bits per heavy atom. The zero-order valence-corrected chi connectivity index (χ0v) is 21.0. The van der Waals surface area contributed by atoms with Crippen LogP contribution in [0.15, 0.2) is 29.8 Å². The molecule has 1 amide bonds. The molecule has 0 radical (unpaired) electrons. The van der Waals surface area contributed by atoms with E-state index in [1.54, 1.807) is 18.4 Å². The SMILES string of the molecule is COc1cc2c(cc1CC(C)C)-c1c(-c3nccs3)cc(C(=O)N(C)C(C)(C)C)n1CC2. The van der Waals surface area contributed by atoms with Crippen molar-refractivity contribution in [3.05, 3.63) is 46.6 Å². The summed E-state index contributed by atoms with van der Waals surface area (Å²) in [5.41, 5.74) is 6.27. The topological polar surface area (TPSA) is 47.4 Å². The van der Waals surface area contributed by atoms with Gasteiger partial charge in [0, 0.05) is 41.8 Å². The number of thiazole rings is 1. The third-order valence-electron chi connectivity index (χ3n) is 6.28. The van der Waals surface area contributed by atoms with E-state index in [0.717, 1.165) is 47.1 Å². The van der Waals surface area contributed by atoms with Crippen molar-refractivity contribution >= 4 is 17.2 Å². The first-order valence-corrected chi connectivity index (χ1v) is 12.1. The molecule has 6 heteroatoms. The van der Waals surface area contributed by atoms with Gasteiger partial charge < -0.3 is 14.2 Å². The number of benzene rings is 1. The lowest BCUT2D eigenvalue weighted by molar-refractivity contribution is 0.0644. The number of carbonyl (C=O) groups is 1. The van der Waals surface area contributed by atoms with Gasteiger partial charge in [0.05, 0.1) is 12.8 Å². The van der Waals surface area contributed by atoms with Crippen LogP contribution in [0.5, 0.6) is 5.75 Å². The lowest BCUT2D eigenvalue weighted by atomic mass is 9.91. The number of nitrogens with zero attached hydrogens (tertiary/aromatic N) is 3. The van der Waals surface area contributed by atoms with Crippen molar-refractivity contribution in [2.45, 2.75) is 59.5 Å². The maximum atomic E-state index is 13.5. The third-order valence-corrected chi connectivity index (χ3v) is 7.09. The highest BCUT2D eigenvalue weighted by Gasteiger charge is 2.32. The first-order valence-electron chi connectivity index (χ1n) is 11.2. The number of hydrogen-bond donors (Lipinski definition) is 0. The van der Waals surface area contributed by atoms with Crippen molar-refractivity contribution in [1.82, 2.24) is 14.5 Å². The van der Waals surface area contributed by atoms with Crippen LogP contribution in [0, 0.1) is 5.92 Å². The van der Waals surface area contributed by atoms with Crippen molar-refractivity contribution in [3.63, 3.8) is 0 Å². The summed E-state index contributed by atoms with van der Waals surface area (Å²) in [6, 6.07) is 6.51. The smallest absolute Gasteiger partial charge is 0.270 e. The van der Waals surface area contributed by atoms with Gasteiger partial charge in [-0.05, 0) is 68.9 Å². The van der Waals surface area contributed by atoms with Crippen molar-refractivity contribution < 1.29 is 9.53 Å². The van der Waals surface area contributed by atoms with Gasteiger partial charge in [0.25, 0.3) is 5.91 Å². The fourth-order valence-corrected chi connectivity index (χ4v) is 5.02. The van der Waals surface area contributed by atoms with Crippen LogP contribution in [0.25, 0.3) is 21.8 Å². The highest BCUT2D eigenvalue weighted by molar-refractivity contribution is 7.13. The summed E-state index contributed by atoms with van der Waals surface area (Å²) >= 11 is 1.61. The standard InChI is InChI=1S/C26H33N3O2S/c1-16(2)12-18-13-19-17(14-22(18)31-7)8-10-29-21(25(30)28(6)26(3,4)5)15-20(23(19)29)24-27-9-11-32-24/h9,11,13-16H,8,10,12H2,1-7H3. The molecule has 5 nitrogen and oxygen atoms in total. The van der Waals surface area contributed by atoms with E-state index in [4.69, 9.17) is 4.74 Å². The van der Waals surface area contributed by atoms with E-state index in [-0.39, 0.29) is 11.4 Å². The highest BCUT2D eigenvalue weighted by Crippen LogP contribution is 2.43. The van der Waals surface area contributed by atoms with E-state index in [1.165, 1.54) is 16.7 Å². The van der Waals surface area contributed by atoms with Crippen LogP contribution in [0.4, 0.5) is 0 Å². The Balaban J connectivity index is 1.94. The second-order valence-corrected chi connectivity index (χ2v) is 10.9. The van der Waals surface area contributed by atoms with E-state index >= 15 is 0 Å². The second kappa shape index (κ2) is 8.39. The van der Waals surface area contributed by atoms with Crippen LogP contribution in [-0.2, 0) is 19.4 Å². The molecule has 0 fully saturated rings. The van der Waals surface area contributed by atoms with Gasteiger partial charge in [0.15, 0.2) is 0 Å². The number of aryl methyl sites for hydroxylation is 1. The molecule has 1 aliphatic rings. The Labute approximate surface area is 195 Å². The average Bonchev–Trinajstić information content (AvgIpc) is 3.38. The van der Waals surface area contributed by atoms with E-state index in [2.05, 4.69) is 56.3 Å². The molecule has 0 aliphatic carbocycles. The van der Waals surface area contributed by atoms with Crippen LogP contribution in [-0.4, -0.2) is 40.1 Å². The molecule has 0 N–H and O–H groups in total. The van der Waals surface area contributed by atoms with E-state index in [1.807, 2.05) is 29.6 Å². The predicted octanol–water partition coefficient (Wildman–Crippen LogP) is 5.91. The van der Waals surface area contributed by atoms with Gasteiger partial charge in [-0.1, -0.05) is 13.8 Å². The molecule has 1 aliphatic heterocycles. The van der Waals surface area contributed by atoms with Crippen molar-refractivity contribution in [2.24, 2.45) is 5.92 Å². The van der Waals surface area contributed by atoms with Crippen LogP contribution < -0.4 is 4.74 Å². The predicted molar refractivity (Wildman–Crippen MR) is 132 cm³/mol. The second-order valence-electron chi connectivity index (χ2n) is 9.98. The Kier molecular flexibility index (Phi) is 5.93. The zero-order chi connectivity index (χ0) is 23.2. The lowest BCUT2D eigenvalue weighted by Gasteiger charge is -2.33.